The van der Waals surface area contributed by atoms with Crippen molar-refractivity contribution in [2.45, 2.75) is 11.4 Å². The van der Waals surface area contributed by atoms with Gasteiger partial charge in [0.25, 0.3) is 5.91 Å². The minimum atomic E-state index is -3.73. The largest absolute Gasteiger partial charge is 0.322 e. The monoisotopic (exact) mass is 402 g/mol. The Morgan fingerprint density at radius 1 is 0.893 bits per heavy atom. The van der Waals surface area contributed by atoms with Crippen LogP contribution in [0, 0.1) is 11.6 Å². The zero-order chi connectivity index (χ0) is 20.1. The summed E-state index contributed by atoms with van der Waals surface area (Å²) >= 11 is 0. The Labute approximate surface area is 161 Å². The van der Waals surface area contributed by atoms with Crippen LogP contribution in [-0.2, 0) is 16.6 Å². The Balaban J connectivity index is 1.67. The van der Waals surface area contributed by atoms with E-state index in [0.29, 0.717) is 6.07 Å². The maximum atomic E-state index is 13.7. The molecular weight excluding hydrogens is 386 g/mol. The Kier molecular flexibility index (Phi) is 5.81. The van der Waals surface area contributed by atoms with Gasteiger partial charge in [-0.1, -0.05) is 30.3 Å². The van der Waals surface area contributed by atoms with Crippen LogP contribution < -0.4 is 10.0 Å². The first kappa shape index (κ1) is 19.7. The summed E-state index contributed by atoms with van der Waals surface area (Å²) < 4.78 is 53.8. The molecule has 0 fully saturated rings. The Morgan fingerprint density at radius 2 is 1.57 bits per heavy atom. The number of benzene rings is 3. The van der Waals surface area contributed by atoms with E-state index in [0.717, 1.165) is 17.7 Å². The van der Waals surface area contributed by atoms with Crippen LogP contribution >= 0.6 is 0 Å². The van der Waals surface area contributed by atoms with Gasteiger partial charge in [-0.05, 0) is 42.0 Å². The maximum absolute atomic E-state index is 13.7. The quantitative estimate of drug-likeness (QED) is 0.660. The van der Waals surface area contributed by atoms with Crippen LogP contribution in [-0.4, -0.2) is 14.3 Å². The number of hydrogen-bond acceptors (Lipinski definition) is 3. The summed E-state index contributed by atoms with van der Waals surface area (Å²) in [6.07, 6.45) is 0. The van der Waals surface area contributed by atoms with E-state index in [4.69, 9.17) is 0 Å². The number of carbonyl (C=O) groups is 1. The van der Waals surface area contributed by atoms with Crippen molar-refractivity contribution in [2.24, 2.45) is 0 Å². The molecular formula is C20H16F2N2O3S. The molecule has 1 amide bonds. The van der Waals surface area contributed by atoms with Crippen molar-refractivity contribution in [3.63, 3.8) is 0 Å². The van der Waals surface area contributed by atoms with E-state index < -0.39 is 27.6 Å². The zero-order valence-electron chi connectivity index (χ0n) is 14.5. The topological polar surface area (TPSA) is 75.3 Å². The molecule has 0 saturated carbocycles. The average molecular weight is 402 g/mol. The molecule has 0 bridgehead atoms. The first-order valence-electron chi connectivity index (χ1n) is 8.25. The number of hydrogen-bond donors (Lipinski definition) is 2. The third kappa shape index (κ3) is 4.79. The fraction of sp³-hybridized carbons (Fsp3) is 0.0500. The molecule has 0 aliphatic rings. The number of nitrogens with one attached hydrogen (secondary N) is 2. The predicted molar refractivity (Wildman–Crippen MR) is 101 cm³/mol. The molecule has 144 valence electrons. The van der Waals surface area contributed by atoms with Crippen LogP contribution in [0.15, 0.2) is 77.7 Å². The van der Waals surface area contributed by atoms with Crippen molar-refractivity contribution in [3.8, 4) is 0 Å². The molecule has 0 spiro atoms. The molecule has 0 aliphatic heterocycles. The lowest BCUT2D eigenvalue weighted by atomic mass is 10.2. The summed E-state index contributed by atoms with van der Waals surface area (Å²) in [5.74, 6) is -2.54. The SMILES string of the molecule is O=C(Nc1ccc(S(=O)(=O)NCc2ccccc2)cc1)c1ccc(F)cc1F. The Hall–Kier alpha value is -3.10. The molecule has 0 heterocycles. The molecule has 0 atom stereocenters. The number of amides is 1. The highest BCUT2D eigenvalue weighted by atomic mass is 32.2. The summed E-state index contributed by atoms with van der Waals surface area (Å²) in [6.45, 7) is 0.144. The van der Waals surface area contributed by atoms with Crippen molar-refractivity contribution < 1.29 is 22.0 Å². The lowest BCUT2D eigenvalue weighted by molar-refractivity contribution is 0.102. The highest BCUT2D eigenvalue weighted by molar-refractivity contribution is 7.89. The van der Waals surface area contributed by atoms with E-state index in [2.05, 4.69) is 10.0 Å². The van der Waals surface area contributed by atoms with E-state index in [1.165, 1.54) is 24.3 Å². The van der Waals surface area contributed by atoms with Crippen LogP contribution in [0.4, 0.5) is 14.5 Å². The fourth-order valence-corrected chi connectivity index (χ4v) is 3.46. The molecule has 0 aliphatic carbocycles. The fourth-order valence-electron chi connectivity index (χ4n) is 2.45. The van der Waals surface area contributed by atoms with Crippen molar-refractivity contribution in [1.82, 2.24) is 4.72 Å². The van der Waals surface area contributed by atoms with Gasteiger partial charge in [-0.15, -0.1) is 0 Å². The first-order valence-corrected chi connectivity index (χ1v) is 9.73. The summed E-state index contributed by atoms with van der Waals surface area (Å²) in [7, 11) is -3.73. The van der Waals surface area contributed by atoms with Gasteiger partial charge in [-0.25, -0.2) is 21.9 Å². The van der Waals surface area contributed by atoms with Crippen LogP contribution in [0.25, 0.3) is 0 Å². The third-order valence-corrected chi connectivity index (χ3v) is 5.32. The van der Waals surface area contributed by atoms with Gasteiger partial charge in [-0.2, -0.15) is 0 Å². The standard InChI is InChI=1S/C20H16F2N2O3S/c21-15-6-11-18(19(22)12-15)20(25)24-16-7-9-17(10-8-16)28(26,27)23-13-14-4-2-1-3-5-14/h1-12,23H,13H2,(H,24,25). The van der Waals surface area contributed by atoms with Crippen LogP contribution in [0.1, 0.15) is 15.9 Å². The molecule has 3 aromatic carbocycles. The molecule has 0 unspecified atom stereocenters. The maximum Gasteiger partial charge on any atom is 0.258 e. The normalized spacial score (nSPS) is 11.2. The van der Waals surface area contributed by atoms with Crippen molar-refractivity contribution in [2.75, 3.05) is 5.32 Å². The van der Waals surface area contributed by atoms with Gasteiger partial charge in [0.2, 0.25) is 10.0 Å². The summed E-state index contributed by atoms with van der Waals surface area (Å²) in [6, 6.07) is 17.1. The number of sulfonamides is 1. The molecule has 3 aromatic rings. The summed E-state index contributed by atoms with van der Waals surface area (Å²) in [5, 5.41) is 2.44. The minimum Gasteiger partial charge on any atom is -0.322 e. The van der Waals surface area contributed by atoms with Crippen molar-refractivity contribution in [3.05, 3.63) is 95.6 Å². The van der Waals surface area contributed by atoms with Crippen molar-refractivity contribution >= 4 is 21.6 Å². The van der Waals surface area contributed by atoms with Gasteiger partial charge < -0.3 is 5.32 Å². The van der Waals surface area contributed by atoms with Gasteiger partial charge in [0.05, 0.1) is 10.5 Å². The smallest absolute Gasteiger partial charge is 0.258 e. The lowest BCUT2D eigenvalue weighted by Crippen LogP contribution is -2.23. The average Bonchev–Trinajstić information content (AvgIpc) is 2.67. The second-order valence-corrected chi connectivity index (χ2v) is 7.68. The Morgan fingerprint density at radius 3 is 2.21 bits per heavy atom. The molecule has 0 aromatic heterocycles. The third-order valence-electron chi connectivity index (χ3n) is 3.91. The Bertz CT molecular complexity index is 1090. The van der Waals surface area contributed by atoms with Crippen LogP contribution in [0.2, 0.25) is 0 Å². The molecule has 5 nitrogen and oxygen atoms in total. The highest BCUT2D eigenvalue weighted by Crippen LogP contribution is 2.17. The van der Waals surface area contributed by atoms with E-state index in [1.807, 2.05) is 18.2 Å². The number of halogens is 2. The summed E-state index contributed by atoms with van der Waals surface area (Å²) in [5.41, 5.74) is 0.773. The van der Waals surface area contributed by atoms with Gasteiger partial charge in [0.1, 0.15) is 11.6 Å². The highest BCUT2D eigenvalue weighted by Gasteiger charge is 2.15. The summed E-state index contributed by atoms with van der Waals surface area (Å²) in [4.78, 5) is 12.1. The second-order valence-electron chi connectivity index (χ2n) is 5.91. The number of carbonyl (C=O) groups excluding carboxylic acids is 1. The van der Waals surface area contributed by atoms with E-state index in [-0.39, 0.29) is 22.7 Å². The molecule has 0 radical (unpaired) electrons. The van der Waals surface area contributed by atoms with Crippen molar-refractivity contribution in [1.29, 1.82) is 0 Å². The van der Waals surface area contributed by atoms with Gasteiger partial charge >= 0.3 is 0 Å². The van der Waals surface area contributed by atoms with E-state index in [9.17, 15) is 22.0 Å². The van der Waals surface area contributed by atoms with E-state index >= 15 is 0 Å². The first-order chi connectivity index (χ1) is 13.3. The molecule has 8 heteroatoms. The van der Waals surface area contributed by atoms with Gasteiger partial charge in [0, 0.05) is 18.3 Å². The predicted octanol–water partition coefficient (Wildman–Crippen LogP) is 3.70. The van der Waals surface area contributed by atoms with Gasteiger partial charge in [0.15, 0.2) is 0 Å². The molecule has 28 heavy (non-hydrogen) atoms. The lowest BCUT2D eigenvalue weighted by Gasteiger charge is -2.09. The van der Waals surface area contributed by atoms with E-state index in [1.54, 1.807) is 12.1 Å². The minimum absolute atomic E-state index is 0.0226. The van der Waals surface area contributed by atoms with Crippen LogP contribution in [0.5, 0.6) is 0 Å². The molecule has 2 N–H and O–H groups in total. The van der Waals surface area contributed by atoms with Gasteiger partial charge in [-0.3, -0.25) is 4.79 Å². The molecule has 0 saturated heterocycles. The molecule has 3 rings (SSSR count). The number of rotatable bonds is 6. The number of anilines is 1. The van der Waals surface area contributed by atoms with Crippen LogP contribution in [0.3, 0.4) is 0 Å². The zero-order valence-corrected chi connectivity index (χ0v) is 15.3. The second kappa shape index (κ2) is 8.28.